The van der Waals surface area contributed by atoms with Crippen LogP contribution >= 0.6 is 12.4 Å². The lowest BCUT2D eigenvalue weighted by Crippen LogP contribution is -2.32. The van der Waals surface area contributed by atoms with E-state index in [1.807, 2.05) is 30.3 Å². The molecule has 0 aliphatic carbocycles. The van der Waals surface area contributed by atoms with Crippen LogP contribution in [0.1, 0.15) is 18.5 Å². The highest BCUT2D eigenvalue weighted by Crippen LogP contribution is 2.27. The number of aromatic nitrogens is 2. The van der Waals surface area contributed by atoms with Crippen molar-refractivity contribution in [1.29, 1.82) is 0 Å². The third-order valence-electron chi connectivity index (χ3n) is 3.70. The molecule has 0 spiro atoms. The average Bonchev–Trinajstić information content (AvgIpc) is 2.52. The van der Waals surface area contributed by atoms with Gasteiger partial charge in [-0.05, 0) is 35.7 Å². The van der Waals surface area contributed by atoms with E-state index in [1.54, 1.807) is 19.2 Å². The number of hydrogen-bond donors (Lipinski definition) is 3. The summed E-state index contributed by atoms with van der Waals surface area (Å²) < 4.78 is 24.5. The van der Waals surface area contributed by atoms with Crippen molar-refractivity contribution in [1.82, 2.24) is 14.7 Å². The van der Waals surface area contributed by atoms with Gasteiger partial charge < -0.3 is 4.98 Å². The number of benzene rings is 1. The number of halogens is 1. The average molecular weight is 381 g/mol. The summed E-state index contributed by atoms with van der Waals surface area (Å²) in [7, 11) is -3.76. The van der Waals surface area contributed by atoms with Gasteiger partial charge in [-0.15, -0.1) is 12.4 Å². The van der Waals surface area contributed by atoms with E-state index in [1.165, 1.54) is 6.07 Å². The Balaban J connectivity index is 0.00000225. The summed E-state index contributed by atoms with van der Waals surface area (Å²) in [6, 6.07) is 12.1. The Labute approximate surface area is 150 Å². The lowest BCUT2D eigenvalue weighted by atomic mass is 10.00. The Morgan fingerprint density at radius 1 is 1.12 bits per heavy atom. The number of nitrogens with zero attached hydrogens (tertiary/aromatic N) is 1. The molecule has 132 valence electrons. The third kappa shape index (κ3) is 4.43. The van der Waals surface area contributed by atoms with Crippen LogP contribution in [0.15, 0.2) is 53.5 Å². The van der Waals surface area contributed by atoms with Crippen LogP contribution in [-0.2, 0) is 10.2 Å². The van der Waals surface area contributed by atoms with Crippen LogP contribution in [0.4, 0.5) is 0 Å². The zero-order valence-corrected chi connectivity index (χ0v) is 14.9. The molecule has 0 saturated heterocycles. The summed E-state index contributed by atoms with van der Waals surface area (Å²) in [6.45, 7) is 1.71. The molecule has 1 aromatic carbocycles. The summed E-state index contributed by atoms with van der Waals surface area (Å²) in [5, 5.41) is 5.83. The van der Waals surface area contributed by atoms with Crippen molar-refractivity contribution in [2.24, 2.45) is 5.14 Å². The molecular weight excluding hydrogens is 364 g/mol. The second kappa shape index (κ2) is 7.32. The normalized spacial score (nSPS) is 12.6. The largest absolute Gasteiger partial charge is 0.307 e. The van der Waals surface area contributed by atoms with Gasteiger partial charge in [-0.2, -0.15) is 13.1 Å². The van der Waals surface area contributed by atoms with Crippen LogP contribution in [0.5, 0.6) is 0 Å². The lowest BCUT2D eigenvalue weighted by Gasteiger charge is -2.13. The van der Waals surface area contributed by atoms with Crippen molar-refractivity contribution in [2.45, 2.75) is 13.0 Å². The summed E-state index contributed by atoms with van der Waals surface area (Å²) in [4.78, 5) is 18.3. The van der Waals surface area contributed by atoms with Gasteiger partial charge in [0.1, 0.15) is 5.65 Å². The van der Waals surface area contributed by atoms with Crippen LogP contribution in [0.25, 0.3) is 22.2 Å². The first-order valence-corrected chi connectivity index (χ1v) is 8.76. The Morgan fingerprint density at radius 3 is 2.44 bits per heavy atom. The van der Waals surface area contributed by atoms with E-state index in [0.717, 1.165) is 22.1 Å². The van der Waals surface area contributed by atoms with E-state index < -0.39 is 16.3 Å². The number of H-pyrrole nitrogens is 1. The molecule has 4 N–H and O–H groups in total. The van der Waals surface area contributed by atoms with Gasteiger partial charge >= 0.3 is 0 Å². The molecule has 25 heavy (non-hydrogen) atoms. The predicted molar refractivity (Wildman–Crippen MR) is 99.7 cm³/mol. The number of nitrogens with one attached hydrogen (secondary N) is 2. The zero-order valence-electron chi connectivity index (χ0n) is 13.3. The first-order chi connectivity index (χ1) is 11.3. The number of aromatic amines is 1. The van der Waals surface area contributed by atoms with Gasteiger partial charge in [0.25, 0.3) is 10.2 Å². The minimum atomic E-state index is -3.76. The first-order valence-electron chi connectivity index (χ1n) is 7.22. The molecule has 0 aliphatic rings. The van der Waals surface area contributed by atoms with Crippen molar-refractivity contribution in [3.05, 3.63) is 64.6 Å². The highest BCUT2D eigenvalue weighted by atomic mass is 35.5. The molecule has 7 nitrogen and oxygen atoms in total. The van der Waals surface area contributed by atoms with Gasteiger partial charge in [0.05, 0.1) is 0 Å². The van der Waals surface area contributed by atoms with Gasteiger partial charge in [-0.1, -0.05) is 24.3 Å². The highest BCUT2D eigenvalue weighted by molar-refractivity contribution is 7.87. The predicted octanol–water partition coefficient (Wildman–Crippen LogP) is 1.87. The Bertz CT molecular complexity index is 1050. The molecule has 2 heterocycles. The molecule has 0 aliphatic heterocycles. The second-order valence-corrected chi connectivity index (χ2v) is 6.78. The van der Waals surface area contributed by atoms with Crippen LogP contribution in [0.2, 0.25) is 0 Å². The number of rotatable bonds is 4. The molecule has 3 aromatic rings. The van der Waals surface area contributed by atoms with Gasteiger partial charge in [0.2, 0.25) is 5.56 Å². The molecule has 0 radical (unpaired) electrons. The van der Waals surface area contributed by atoms with E-state index in [-0.39, 0.29) is 18.0 Å². The van der Waals surface area contributed by atoms with E-state index in [9.17, 15) is 13.2 Å². The topological polar surface area (TPSA) is 118 Å². The fraction of sp³-hybridized carbons (Fsp3) is 0.125. The summed E-state index contributed by atoms with van der Waals surface area (Å²) in [6.07, 6.45) is 1.63. The van der Waals surface area contributed by atoms with Crippen LogP contribution in [0, 0.1) is 0 Å². The molecule has 0 fully saturated rings. The quantitative estimate of drug-likeness (QED) is 0.640. The van der Waals surface area contributed by atoms with Crippen molar-refractivity contribution in [3.8, 4) is 11.1 Å². The maximum Gasteiger partial charge on any atom is 0.274 e. The van der Waals surface area contributed by atoms with E-state index >= 15 is 0 Å². The molecule has 9 heteroatoms. The highest BCUT2D eigenvalue weighted by Gasteiger charge is 2.12. The molecular formula is C16H17ClN4O3S. The Hall–Kier alpha value is -2.26. The zero-order chi connectivity index (χ0) is 17.3. The van der Waals surface area contributed by atoms with E-state index in [4.69, 9.17) is 5.14 Å². The van der Waals surface area contributed by atoms with Gasteiger partial charge in [0.15, 0.2) is 0 Å². The molecule has 1 atom stereocenters. The molecule has 2 aromatic heterocycles. The van der Waals surface area contributed by atoms with E-state index in [0.29, 0.717) is 5.65 Å². The van der Waals surface area contributed by atoms with Crippen molar-refractivity contribution < 1.29 is 8.42 Å². The monoisotopic (exact) mass is 380 g/mol. The maximum absolute atomic E-state index is 11.4. The number of hydrogen-bond acceptors (Lipinski definition) is 4. The smallest absolute Gasteiger partial charge is 0.274 e. The number of pyridine rings is 2. The lowest BCUT2D eigenvalue weighted by molar-refractivity contribution is 0.568. The number of fused-ring (bicyclic) bond motifs is 1. The summed E-state index contributed by atoms with van der Waals surface area (Å²) in [5.41, 5.74) is 2.97. The fourth-order valence-electron chi connectivity index (χ4n) is 2.58. The fourth-order valence-corrected chi connectivity index (χ4v) is 3.21. The SMILES string of the molecule is CC(NS(N)(=O)=O)c1ccc(-c2ccnc3[nH]c(=O)ccc23)cc1.Cl. The van der Waals surface area contributed by atoms with Crippen LogP contribution < -0.4 is 15.4 Å². The Morgan fingerprint density at radius 2 is 1.80 bits per heavy atom. The van der Waals surface area contributed by atoms with Gasteiger partial charge in [-0.25, -0.2) is 10.1 Å². The van der Waals surface area contributed by atoms with Crippen molar-refractivity contribution >= 4 is 33.6 Å². The van der Waals surface area contributed by atoms with Crippen LogP contribution in [-0.4, -0.2) is 18.4 Å². The third-order valence-corrected chi connectivity index (χ3v) is 4.38. The van der Waals surface area contributed by atoms with E-state index in [2.05, 4.69) is 14.7 Å². The van der Waals surface area contributed by atoms with Gasteiger partial charge in [0, 0.05) is 23.7 Å². The molecule has 0 saturated carbocycles. The minimum Gasteiger partial charge on any atom is -0.307 e. The molecule has 0 amide bonds. The molecule has 1 unspecified atom stereocenters. The Kier molecular flexibility index (Phi) is 5.58. The second-order valence-electron chi connectivity index (χ2n) is 5.45. The van der Waals surface area contributed by atoms with Gasteiger partial charge in [-0.3, -0.25) is 4.79 Å². The number of nitrogens with two attached hydrogens (primary N) is 1. The minimum absolute atomic E-state index is 0. The summed E-state index contributed by atoms with van der Waals surface area (Å²) in [5.74, 6) is 0. The van der Waals surface area contributed by atoms with Crippen molar-refractivity contribution in [2.75, 3.05) is 0 Å². The molecule has 3 rings (SSSR count). The van der Waals surface area contributed by atoms with Crippen LogP contribution in [0.3, 0.4) is 0 Å². The maximum atomic E-state index is 11.4. The van der Waals surface area contributed by atoms with Crippen molar-refractivity contribution in [3.63, 3.8) is 0 Å². The summed E-state index contributed by atoms with van der Waals surface area (Å²) >= 11 is 0. The first kappa shape index (κ1) is 19.1. The molecule has 0 bridgehead atoms. The standard InChI is InChI=1S/C16H16N4O3S.ClH/c1-10(20-24(17,22)23)11-2-4-12(5-3-11)13-8-9-18-16-14(13)6-7-15(21)19-16;/h2-10,20H,1H3,(H2,17,22,23)(H,18,19,21);1H.